The molecule has 0 saturated heterocycles. The van der Waals surface area contributed by atoms with Crippen molar-refractivity contribution in [3.8, 4) is 5.75 Å². The second kappa shape index (κ2) is 10.4. The van der Waals surface area contributed by atoms with Gasteiger partial charge in [-0.25, -0.2) is 4.98 Å². The molecule has 0 aliphatic heterocycles. The summed E-state index contributed by atoms with van der Waals surface area (Å²) in [5, 5.41) is 5.37. The molecule has 0 atom stereocenters. The van der Waals surface area contributed by atoms with Gasteiger partial charge in [-0.2, -0.15) is 0 Å². The van der Waals surface area contributed by atoms with Crippen molar-refractivity contribution >= 4 is 40.2 Å². The van der Waals surface area contributed by atoms with E-state index in [9.17, 15) is 9.59 Å². The van der Waals surface area contributed by atoms with Crippen molar-refractivity contribution in [3.63, 3.8) is 0 Å². The summed E-state index contributed by atoms with van der Waals surface area (Å²) in [6.07, 6.45) is 7.79. The van der Waals surface area contributed by atoms with Gasteiger partial charge in [0.25, 0.3) is 5.91 Å². The predicted octanol–water partition coefficient (Wildman–Crippen LogP) is 4.01. The third kappa shape index (κ3) is 5.92. The number of rotatable bonds is 7. The summed E-state index contributed by atoms with van der Waals surface area (Å²) in [6, 6.07) is 10.8. The number of anilines is 1. The summed E-state index contributed by atoms with van der Waals surface area (Å²) < 4.78 is 6.76. The minimum atomic E-state index is -0.347. The molecule has 28 heavy (non-hydrogen) atoms. The van der Waals surface area contributed by atoms with Gasteiger partial charge in [0.15, 0.2) is 11.6 Å². The number of ether oxygens (including phenoxy) is 1. The van der Waals surface area contributed by atoms with Crippen LogP contribution in [0.2, 0.25) is 0 Å². The van der Waals surface area contributed by atoms with Gasteiger partial charge in [-0.05, 0) is 65.6 Å². The van der Waals surface area contributed by atoms with Crippen molar-refractivity contribution < 1.29 is 14.3 Å². The number of benzene rings is 1. The van der Waals surface area contributed by atoms with Crippen LogP contribution in [0.3, 0.4) is 0 Å². The lowest BCUT2D eigenvalue weighted by Gasteiger charge is -2.22. The van der Waals surface area contributed by atoms with Crippen LogP contribution in [-0.2, 0) is 4.79 Å². The minimum absolute atomic E-state index is 0.136. The number of hydrogen-bond acceptors (Lipinski definition) is 4. The molecular formula is C21H24IN3O3. The Balaban J connectivity index is 1.52. The van der Waals surface area contributed by atoms with Crippen molar-refractivity contribution in [1.82, 2.24) is 10.3 Å². The molecule has 7 heteroatoms. The molecule has 1 saturated carbocycles. The zero-order valence-electron chi connectivity index (χ0n) is 15.6. The van der Waals surface area contributed by atoms with E-state index in [2.05, 4.69) is 38.2 Å². The molecule has 2 amide bonds. The summed E-state index contributed by atoms with van der Waals surface area (Å²) in [5.74, 6) is 0.873. The van der Waals surface area contributed by atoms with Crippen molar-refractivity contribution in [3.05, 3.63) is 51.7 Å². The second-order valence-corrected chi connectivity index (χ2v) is 8.04. The topological polar surface area (TPSA) is 80.3 Å². The van der Waals surface area contributed by atoms with Crippen LogP contribution in [0.15, 0.2) is 42.6 Å². The highest BCUT2D eigenvalue weighted by atomic mass is 127. The molecule has 148 valence electrons. The van der Waals surface area contributed by atoms with E-state index in [0.717, 1.165) is 3.57 Å². The van der Waals surface area contributed by atoms with Gasteiger partial charge in [-0.3, -0.25) is 9.59 Å². The lowest BCUT2D eigenvalue weighted by atomic mass is 9.90. The van der Waals surface area contributed by atoms with E-state index in [-0.39, 0.29) is 18.4 Å². The number of carbonyl (C=O) groups is 2. The first-order valence-corrected chi connectivity index (χ1v) is 10.6. The van der Waals surface area contributed by atoms with Crippen LogP contribution in [0.4, 0.5) is 5.82 Å². The molecule has 0 radical (unpaired) electrons. The van der Waals surface area contributed by atoms with Gasteiger partial charge in [0.1, 0.15) is 0 Å². The van der Waals surface area contributed by atoms with Crippen molar-refractivity contribution in [2.24, 2.45) is 5.92 Å². The van der Waals surface area contributed by atoms with Crippen molar-refractivity contribution in [1.29, 1.82) is 0 Å². The standard InChI is InChI=1S/C21H24IN3O3/c22-17-10-5-4-9-16(17)21(27)24-13-19(26)25-20-18(11-6-12-23-20)28-14-15-7-2-1-3-8-15/h4-6,9-12,15H,1-3,7-8,13-14H2,(H,24,27)(H,23,25,26). The lowest BCUT2D eigenvalue weighted by Crippen LogP contribution is -2.33. The number of aromatic nitrogens is 1. The van der Waals surface area contributed by atoms with Gasteiger partial charge in [-0.1, -0.05) is 31.4 Å². The van der Waals surface area contributed by atoms with Gasteiger partial charge < -0.3 is 15.4 Å². The molecule has 2 aromatic rings. The SMILES string of the molecule is O=C(CNC(=O)c1ccccc1I)Nc1ncccc1OCC1CCCCC1. The molecular weight excluding hydrogens is 469 g/mol. The average molecular weight is 493 g/mol. The van der Waals surface area contributed by atoms with Gasteiger partial charge in [0.05, 0.1) is 18.7 Å². The van der Waals surface area contributed by atoms with Gasteiger partial charge in [0, 0.05) is 9.77 Å². The highest BCUT2D eigenvalue weighted by Gasteiger charge is 2.16. The Bertz CT molecular complexity index is 822. The first-order valence-electron chi connectivity index (χ1n) is 9.54. The van der Waals surface area contributed by atoms with E-state index < -0.39 is 0 Å². The first-order chi connectivity index (χ1) is 13.6. The summed E-state index contributed by atoms with van der Waals surface area (Å²) in [5.41, 5.74) is 0.547. The Morgan fingerprint density at radius 2 is 1.89 bits per heavy atom. The maximum atomic E-state index is 12.3. The quantitative estimate of drug-likeness (QED) is 0.572. The minimum Gasteiger partial charge on any atom is -0.489 e. The Morgan fingerprint density at radius 3 is 2.68 bits per heavy atom. The van der Waals surface area contributed by atoms with Gasteiger partial charge in [0.2, 0.25) is 5.91 Å². The maximum Gasteiger partial charge on any atom is 0.252 e. The number of hydrogen-bond donors (Lipinski definition) is 2. The fourth-order valence-electron chi connectivity index (χ4n) is 3.24. The average Bonchev–Trinajstić information content (AvgIpc) is 2.72. The third-order valence-corrected chi connectivity index (χ3v) is 5.70. The highest BCUT2D eigenvalue weighted by Crippen LogP contribution is 2.26. The Morgan fingerprint density at radius 1 is 1.11 bits per heavy atom. The number of carbonyl (C=O) groups excluding carboxylic acids is 2. The molecule has 1 aliphatic rings. The van der Waals surface area contributed by atoms with Crippen LogP contribution in [0.1, 0.15) is 42.5 Å². The van der Waals surface area contributed by atoms with Crippen LogP contribution < -0.4 is 15.4 Å². The van der Waals surface area contributed by atoms with E-state index in [1.54, 1.807) is 30.5 Å². The normalized spacial score (nSPS) is 14.3. The Hall–Kier alpha value is -2.16. The van der Waals surface area contributed by atoms with Crippen LogP contribution in [0.5, 0.6) is 5.75 Å². The monoisotopic (exact) mass is 493 g/mol. The molecule has 1 aromatic carbocycles. The van der Waals surface area contributed by atoms with E-state index in [1.165, 1.54) is 32.1 Å². The van der Waals surface area contributed by atoms with Crippen molar-refractivity contribution in [2.45, 2.75) is 32.1 Å². The van der Waals surface area contributed by atoms with Crippen LogP contribution >= 0.6 is 22.6 Å². The number of nitrogens with zero attached hydrogens (tertiary/aromatic N) is 1. The molecule has 2 N–H and O–H groups in total. The number of amides is 2. The second-order valence-electron chi connectivity index (χ2n) is 6.88. The van der Waals surface area contributed by atoms with E-state index in [0.29, 0.717) is 29.7 Å². The molecule has 1 aromatic heterocycles. The molecule has 1 heterocycles. The van der Waals surface area contributed by atoms with Crippen molar-refractivity contribution in [2.75, 3.05) is 18.5 Å². The van der Waals surface area contributed by atoms with Crippen LogP contribution in [0.25, 0.3) is 0 Å². The van der Waals surface area contributed by atoms with Crippen LogP contribution in [0, 0.1) is 9.49 Å². The van der Waals surface area contributed by atoms with Crippen LogP contribution in [-0.4, -0.2) is 29.9 Å². The predicted molar refractivity (Wildman–Crippen MR) is 116 cm³/mol. The maximum absolute atomic E-state index is 12.3. The van der Waals surface area contributed by atoms with E-state index in [1.807, 2.05) is 12.1 Å². The number of nitrogens with one attached hydrogen (secondary N) is 2. The molecule has 0 bridgehead atoms. The summed E-state index contributed by atoms with van der Waals surface area (Å²) in [6.45, 7) is 0.500. The molecule has 3 rings (SSSR count). The smallest absolute Gasteiger partial charge is 0.252 e. The number of halogens is 1. The molecule has 1 fully saturated rings. The molecule has 6 nitrogen and oxygen atoms in total. The van der Waals surface area contributed by atoms with E-state index >= 15 is 0 Å². The molecule has 0 unspecified atom stereocenters. The van der Waals surface area contributed by atoms with Gasteiger partial charge in [-0.15, -0.1) is 0 Å². The zero-order valence-corrected chi connectivity index (χ0v) is 17.8. The molecule has 1 aliphatic carbocycles. The summed E-state index contributed by atoms with van der Waals surface area (Å²) in [7, 11) is 0. The fourth-order valence-corrected chi connectivity index (χ4v) is 3.87. The summed E-state index contributed by atoms with van der Waals surface area (Å²) >= 11 is 2.10. The van der Waals surface area contributed by atoms with Gasteiger partial charge >= 0.3 is 0 Å². The third-order valence-electron chi connectivity index (χ3n) is 4.76. The highest BCUT2D eigenvalue weighted by molar-refractivity contribution is 14.1. The lowest BCUT2D eigenvalue weighted by molar-refractivity contribution is -0.115. The fraction of sp³-hybridized carbons (Fsp3) is 0.381. The molecule has 0 spiro atoms. The first kappa shape index (κ1) is 20.6. The zero-order chi connectivity index (χ0) is 19.8. The number of pyridine rings is 1. The van der Waals surface area contributed by atoms with E-state index in [4.69, 9.17) is 4.74 Å². The largest absolute Gasteiger partial charge is 0.489 e. The summed E-state index contributed by atoms with van der Waals surface area (Å²) in [4.78, 5) is 28.7. The Kier molecular flexibility index (Phi) is 7.64. The Labute approximate surface area is 178 Å².